The van der Waals surface area contributed by atoms with E-state index in [1.165, 1.54) is 10.4 Å². The van der Waals surface area contributed by atoms with Crippen molar-refractivity contribution in [2.45, 2.75) is 20.0 Å². The molecule has 0 aliphatic rings. The fourth-order valence-electron chi connectivity index (χ4n) is 1.81. The van der Waals surface area contributed by atoms with Gasteiger partial charge in [0, 0.05) is 28.0 Å². The van der Waals surface area contributed by atoms with E-state index in [-0.39, 0.29) is 5.91 Å². The summed E-state index contributed by atoms with van der Waals surface area (Å²) in [6, 6.07) is 7.61. The van der Waals surface area contributed by atoms with Crippen molar-refractivity contribution >= 4 is 33.2 Å². The van der Waals surface area contributed by atoms with Gasteiger partial charge in [0.15, 0.2) is 0 Å². The molecule has 3 nitrogen and oxygen atoms in total. The van der Waals surface area contributed by atoms with E-state index in [9.17, 15) is 4.79 Å². The van der Waals surface area contributed by atoms with Crippen molar-refractivity contribution in [3.63, 3.8) is 0 Å². The van der Waals surface area contributed by atoms with E-state index < -0.39 is 0 Å². The number of amides is 1. The van der Waals surface area contributed by atoms with Crippen LogP contribution in [0.25, 0.3) is 0 Å². The highest BCUT2D eigenvalue weighted by molar-refractivity contribution is 9.10. The molecule has 0 aliphatic heterocycles. The highest BCUT2D eigenvalue weighted by atomic mass is 79.9. The highest BCUT2D eigenvalue weighted by Crippen LogP contribution is 2.22. The third-order valence-electron chi connectivity index (χ3n) is 2.92. The molecule has 2 rings (SSSR count). The molecule has 2 aromatic rings. The summed E-state index contributed by atoms with van der Waals surface area (Å²) in [5.74, 6) is -0.384. The molecule has 0 saturated carbocycles. The van der Waals surface area contributed by atoms with Crippen LogP contribution in [0, 0.1) is 6.92 Å². The Morgan fingerprint density at radius 2 is 2.16 bits per heavy atom. The normalized spacial score (nSPS) is 10.6. The van der Waals surface area contributed by atoms with Crippen LogP contribution in [0.1, 0.15) is 26.4 Å². The molecule has 100 valence electrons. The van der Waals surface area contributed by atoms with Gasteiger partial charge < -0.3 is 11.1 Å². The average Bonchev–Trinajstić information content (AvgIpc) is 2.77. The lowest BCUT2D eigenvalue weighted by Gasteiger charge is -2.08. The van der Waals surface area contributed by atoms with E-state index in [0.29, 0.717) is 5.56 Å². The lowest BCUT2D eigenvalue weighted by atomic mass is 10.0. The van der Waals surface area contributed by atoms with Crippen LogP contribution in [-0.2, 0) is 13.1 Å². The molecule has 0 aliphatic carbocycles. The Bertz CT molecular complexity index is 595. The summed E-state index contributed by atoms with van der Waals surface area (Å²) in [6.45, 7) is 3.59. The number of aryl methyl sites for hydroxylation is 1. The number of hydrogen-bond acceptors (Lipinski definition) is 3. The summed E-state index contributed by atoms with van der Waals surface area (Å²) in [6.07, 6.45) is 0. The zero-order chi connectivity index (χ0) is 13.8. The molecule has 1 aromatic heterocycles. The molecule has 3 N–H and O–H groups in total. The maximum atomic E-state index is 11.1. The molecule has 0 unspecified atom stereocenters. The van der Waals surface area contributed by atoms with Crippen LogP contribution >= 0.6 is 27.3 Å². The number of hydrogen-bond donors (Lipinski definition) is 2. The van der Waals surface area contributed by atoms with Gasteiger partial charge >= 0.3 is 0 Å². The van der Waals surface area contributed by atoms with Gasteiger partial charge in [-0.15, -0.1) is 11.3 Å². The molecule has 0 saturated heterocycles. The van der Waals surface area contributed by atoms with Gasteiger partial charge in [-0.05, 0) is 57.6 Å². The van der Waals surface area contributed by atoms with Crippen LogP contribution in [0.3, 0.4) is 0 Å². The molecule has 5 heteroatoms. The zero-order valence-electron chi connectivity index (χ0n) is 10.6. The van der Waals surface area contributed by atoms with Crippen LogP contribution in [0.2, 0.25) is 0 Å². The van der Waals surface area contributed by atoms with Crippen LogP contribution in [0.4, 0.5) is 0 Å². The van der Waals surface area contributed by atoms with Crippen LogP contribution in [0.15, 0.2) is 34.1 Å². The second kappa shape index (κ2) is 6.32. The number of nitrogens with two attached hydrogens (primary N) is 1. The minimum absolute atomic E-state index is 0.384. The molecule has 1 amide bonds. The Labute approximate surface area is 125 Å². The summed E-state index contributed by atoms with van der Waals surface area (Å²) < 4.78 is 1.14. The first-order valence-electron chi connectivity index (χ1n) is 5.90. The maximum absolute atomic E-state index is 11.1. The van der Waals surface area contributed by atoms with Crippen molar-refractivity contribution in [2.75, 3.05) is 0 Å². The number of carbonyl (C=O) groups excluding carboxylic acids is 1. The second-order valence-corrected chi connectivity index (χ2v) is 6.16. The first-order chi connectivity index (χ1) is 9.08. The Hall–Kier alpha value is -1.17. The van der Waals surface area contributed by atoms with Gasteiger partial charge in [0.25, 0.3) is 0 Å². The van der Waals surface area contributed by atoms with Crippen LogP contribution in [-0.4, -0.2) is 5.91 Å². The van der Waals surface area contributed by atoms with Gasteiger partial charge in [-0.2, -0.15) is 0 Å². The maximum Gasteiger partial charge on any atom is 0.248 e. The van der Waals surface area contributed by atoms with Crippen molar-refractivity contribution in [1.29, 1.82) is 0 Å². The van der Waals surface area contributed by atoms with Crippen molar-refractivity contribution in [1.82, 2.24) is 5.32 Å². The van der Waals surface area contributed by atoms with Crippen LogP contribution < -0.4 is 11.1 Å². The SMILES string of the molecule is Cc1cc(C(N)=O)ccc1CNCc1sccc1Br. The van der Waals surface area contributed by atoms with Gasteiger partial charge in [-0.25, -0.2) is 0 Å². The Morgan fingerprint density at radius 3 is 2.74 bits per heavy atom. The molecule has 1 aromatic carbocycles. The van der Waals surface area contributed by atoms with Crippen molar-refractivity contribution in [2.24, 2.45) is 5.73 Å². The number of nitrogens with one attached hydrogen (secondary N) is 1. The molecule has 0 fully saturated rings. The summed E-state index contributed by atoms with van der Waals surface area (Å²) in [5, 5.41) is 5.46. The average molecular weight is 339 g/mol. The molecular formula is C14H15BrN2OS. The first kappa shape index (κ1) is 14.2. The standard InChI is InChI=1S/C14H15BrN2OS/c1-9-6-10(14(16)18)2-3-11(9)7-17-8-13-12(15)4-5-19-13/h2-6,17H,7-8H2,1H3,(H2,16,18). The molecule has 1 heterocycles. The van der Waals surface area contributed by atoms with Gasteiger partial charge in [-0.3, -0.25) is 4.79 Å². The van der Waals surface area contributed by atoms with Crippen molar-refractivity contribution in [3.8, 4) is 0 Å². The Kier molecular flexibility index (Phi) is 4.74. The number of carbonyl (C=O) groups is 1. The smallest absolute Gasteiger partial charge is 0.248 e. The number of rotatable bonds is 5. The Balaban J connectivity index is 1.96. The number of halogens is 1. The van der Waals surface area contributed by atoms with E-state index in [1.54, 1.807) is 17.4 Å². The van der Waals surface area contributed by atoms with Gasteiger partial charge in [0.1, 0.15) is 0 Å². The van der Waals surface area contributed by atoms with Gasteiger partial charge in [0.05, 0.1) is 0 Å². The topological polar surface area (TPSA) is 55.1 Å². The van der Waals surface area contributed by atoms with Crippen molar-refractivity contribution < 1.29 is 4.79 Å². The summed E-state index contributed by atoms with van der Waals surface area (Å²) >= 11 is 5.24. The van der Waals surface area contributed by atoms with Crippen LogP contribution in [0.5, 0.6) is 0 Å². The van der Waals surface area contributed by atoms with Crippen molar-refractivity contribution in [3.05, 3.63) is 55.7 Å². The molecule has 19 heavy (non-hydrogen) atoms. The summed E-state index contributed by atoms with van der Waals surface area (Å²) in [5.41, 5.74) is 8.07. The molecule has 0 atom stereocenters. The summed E-state index contributed by atoms with van der Waals surface area (Å²) in [7, 11) is 0. The lowest BCUT2D eigenvalue weighted by molar-refractivity contribution is 0.1000. The number of primary amides is 1. The van der Waals surface area contributed by atoms with Gasteiger partial charge in [0.2, 0.25) is 5.91 Å². The number of thiophene rings is 1. The third kappa shape index (κ3) is 3.65. The van der Waals surface area contributed by atoms with Gasteiger partial charge in [-0.1, -0.05) is 6.07 Å². The molecular weight excluding hydrogens is 324 g/mol. The zero-order valence-corrected chi connectivity index (χ0v) is 13.0. The predicted octanol–water partition coefficient (Wildman–Crippen LogP) is 3.21. The van der Waals surface area contributed by atoms with E-state index >= 15 is 0 Å². The summed E-state index contributed by atoms with van der Waals surface area (Å²) in [4.78, 5) is 12.4. The van der Waals surface area contributed by atoms with E-state index in [1.807, 2.05) is 19.1 Å². The second-order valence-electron chi connectivity index (χ2n) is 4.30. The monoisotopic (exact) mass is 338 g/mol. The quantitative estimate of drug-likeness (QED) is 0.879. The molecule has 0 spiro atoms. The first-order valence-corrected chi connectivity index (χ1v) is 7.57. The third-order valence-corrected chi connectivity index (χ3v) is 4.85. The van der Waals surface area contributed by atoms with E-state index in [2.05, 4.69) is 32.7 Å². The largest absolute Gasteiger partial charge is 0.366 e. The fraction of sp³-hybridized carbons (Fsp3) is 0.214. The minimum atomic E-state index is -0.384. The molecule has 0 bridgehead atoms. The molecule has 0 radical (unpaired) electrons. The minimum Gasteiger partial charge on any atom is -0.366 e. The lowest BCUT2D eigenvalue weighted by Crippen LogP contribution is -2.15. The highest BCUT2D eigenvalue weighted by Gasteiger charge is 2.05. The van der Waals surface area contributed by atoms with E-state index in [4.69, 9.17) is 5.73 Å². The van der Waals surface area contributed by atoms with E-state index in [0.717, 1.165) is 23.1 Å². The fourth-order valence-corrected chi connectivity index (χ4v) is 3.27. The Morgan fingerprint density at radius 1 is 1.37 bits per heavy atom. The predicted molar refractivity (Wildman–Crippen MR) is 82.3 cm³/mol. The number of benzene rings is 1.